The van der Waals surface area contributed by atoms with E-state index < -0.39 is 57.0 Å². The smallest absolute Gasteiger partial charge is 0.277 e. The molecule has 7 nitrogen and oxygen atoms in total. The molecule has 150 valence electrons. The second kappa shape index (κ2) is 6.77. The summed E-state index contributed by atoms with van der Waals surface area (Å²) in [4.78, 5) is 37.5. The van der Waals surface area contributed by atoms with Gasteiger partial charge in [-0.3, -0.25) is 19.1 Å². The average molecular weight is 412 g/mol. The van der Waals surface area contributed by atoms with E-state index >= 15 is 0 Å². The molecule has 1 aliphatic heterocycles. The average Bonchev–Trinajstić information content (AvgIpc) is 3.04. The number of hydrogen-bond donors (Lipinski definition) is 1. The van der Waals surface area contributed by atoms with Crippen LogP contribution in [0.4, 0.5) is 8.78 Å². The molecule has 0 amide bonds. The van der Waals surface area contributed by atoms with Crippen LogP contribution in [-0.4, -0.2) is 48.9 Å². The molecule has 28 heavy (non-hydrogen) atoms. The number of aromatic amines is 1. The van der Waals surface area contributed by atoms with Crippen molar-refractivity contribution in [2.45, 2.75) is 25.3 Å². The Bertz CT molecular complexity index is 1140. The number of hydrogen-bond acceptors (Lipinski definition) is 5. The van der Waals surface area contributed by atoms with Crippen molar-refractivity contribution in [1.29, 1.82) is 0 Å². The molecule has 0 spiro atoms. The van der Waals surface area contributed by atoms with E-state index in [1.807, 2.05) is 0 Å². The predicted molar refractivity (Wildman–Crippen MR) is 96.1 cm³/mol. The topological polar surface area (TPSA) is 106 Å². The Kier molecular flexibility index (Phi) is 4.86. The highest BCUT2D eigenvalue weighted by atomic mass is 32.2. The number of nitrogens with one attached hydrogen (secondary N) is 1. The number of halogens is 2. The highest BCUT2D eigenvalue weighted by molar-refractivity contribution is 7.91. The number of alkyl halides is 2. The Morgan fingerprint density at radius 1 is 1.21 bits per heavy atom. The van der Waals surface area contributed by atoms with E-state index in [2.05, 4.69) is 5.10 Å². The first kappa shape index (κ1) is 20.1. The maximum atomic E-state index is 13.5. The van der Waals surface area contributed by atoms with E-state index in [0.29, 0.717) is 6.54 Å². The van der Waals surface area contributed by atoms with Gasteiger partial charge in [-0.2, -0.15) is 0 Å². The van der Waals surface area contributed by atoms with Crippen molar-refractivity contribution < 1.29 is 26.8 Å². The second-order valence-corrected chi connectivity index (χ2v) is 8.77. The summed E-state index contributed by atoms with van der Waals surface area (Å²) in [7, 11) is -4.13. The fraction of sp³-hybridized carbons (Fsp3) is 0.389. The van der Waals surface area contributed by atoms with Crippen LogP contribution in [0.5, 0.6) is 0 Å². The van der Waals surface area contributed by atoms with Crippen molar-refractivity contribution in [3.63, 3.8) is 0 Å². The van der Waals surface area contributed by atoms with Gasteiger partial charge in [0.1, 0.15) is 24.3 Å². The van der Waals surface area contributed by atoms with Crippen LogP contribution in [0.15, 0.2) is 28.0 Å². The van der Waals surface area contributed by atoms with Gasteiger partial charge in [0.15, 0.2) is 21.4 Å². The van der Waals surface area contributed by atoms with Gasteiger partial charge in [-0.1, -0.05) is 0 Å². The first-order valence-electron chi connectivity index (χ1n) is 8.49. The number of ketones is 2. The number of aryl methyl sites for hydroxylation is 1. The number of carbonyl (C=O) groups is 2. The van der Waals surface area contributed by atoms with Crippen LogP contribution in [0.3, 0.4) is 0 Å². The van der Waals surface area contributed by atoms with Crippen molar-refractivity contribution in [3.05, 3.63) is 50.9 Å². The Balaban J connectivity index is 2.24. The predicted octanol–water partition coefficient (Wildman–Crippen LogP) is 1.63. The highest BCUT2D eigenvalue weighted by Gasteiger charge is 2.50. The third-order valence-electron chi connectivity index (χ3n) is 5.09. The Morgan fingerprint density at radius 2 is 1.86 bits per heavy atom. The van der Waals surface area contributed by atoms with Gasteiger partial charge in [0, 0.05) is 23.9 Å². The number of Topliss-reactive ketones (excluding diaryl/α,β-unsaturated/α-hetero) is 1. The minimum Gasteiger partial charge on any atom is -0.302 e. The first-order chi connectivity index (χ1) is 13.1. The lowest BCUT2D eigenvalue weighted by Crippen LogP contribution is -2.47. The van der Waals surface area contributed by atoms with Crippen molar-refractivity contribution in [2.75, 3.05) is 19.1 Å². The van der Waals surface area contributed by atoms with Gasteiger partial charge in [0.2, 0.25) is 0 Å². The molecule has 0 unspecified atom stereocenters. The number of fused-ring (bicyclic) bond motifs is 1. The number of H-pyrrole nitrogens is 1. The fourth-order valence-electron chi connectivity index (χ4n) is 3.43. The van der Waals surface area contributed by atoms with Gasteiger partial charge in [0.25, 0.3) is 5.56 Å². The summed E-state index contributed by atoms with van der Waals surface area (Å²) in [6, 6.07) is 2.29. The molecule has 0 bridgehead atoms. The van der Waals surface area contributed by atoms with E-state index in [9.17, 15) is 31.6 Å². The molecule has 2 heterocycles. The zero-order chi connectivity index (χ0) is 20.9. The Labute approximate surface area is 159 Å². The molecular formula is C18H18F2N2O5S. The van der Waals surface area contributed by atoms with Gasteiger partial charge in [0.05, 0.1) is 10.6 Å². The van der Waals surface area contributed by atoms with Crippen molar-refractivity contribution in [2.24, 2.45) is 5.41 Å². The number of nitrogens with zero attached hydrogens (tertiary/aromatic N) is 1. The van der Waals surface area contributed by atoms with Crippen molar-refractivity contribution in [3.8, 4) is 0 Å². The monoisotopic (exact) mass is 412 g/mol. The van der Waals surface area contributed by atoms with Crippen LogP contribution < -0.4 is 5.56 Å². The minimum atomic E-state index is -4.13. The summed E-state index contributed by atoms with van der Waals surface area (Å²) in [6.45, 7) is 0.390. The van der Waals surface area contributed by atoms with Crippen LogP contribution >= 0.6 is 0 Å². The third kappa shape index (κ3) is 2.74. The van der Waals surface area contributed by atoms with Crippen molar-refractivity contribution >= 4 is 21.4 Å². The summed E-state index contributed by atoms with van der Waals surface area (Å²) in [5, 5.41) is 2.63. The normalized spacial score (nSPS) is 17.4. The van der Waals surface area contributed by atoms with Gasteiger partial charge < -0.3 is 5.10 Å². The lowest BCUT2D eigenvalue weighted by atomic mass is 9.81. The maximum Gasteiger partial charge on any atom is 0.277 e. The molecule has 1 aliphatic rings. The van der Waals surface area contributed by atoms with Gasteiger partial charge in [-0.15, -0.1) is 0 Å². The molecule has 3 rings (SSSR count). The first-order valence-corrected chi connectivity index (χ1v) is 10.1. The van der Waals surface area contributed by atoms with E-state index in [-0.39, 0.29) is 21.6 Å². The third-order valence-corrected chi connectivity index (χ3v) is 7.04. The summed E-state index contributed by atoms with van der Waals surface area (Å²) >= 11 is 0. The molecule has 0 saturated heterocycles. The lowest BCUT2D eigenvalue weighted by Gasteiger charge is -2.32. The quantitative estimate of drug-likeness (QED) is 0.752. The minimum absolute atomic E-state index is 0.0225. The largest absolute Gasteiger partial charge is 0.302 e. The Morgan fingerprint density at radius 3 is 2.39 bits per heavy atom. The van der Waals surface area contributed by atoms with E-state index in [4.69, 9.17) is 0 Å². The lowest BCUT2D eigenvalue weighted by molar-refractivity contribution is 0.0712. The molecule has 0 fully saturated rings. The van der Waals surface area contributed by atoms with Gasteiger partial charge >= 0.3 is 0 Å². The van der Waals surface area contributed by atoms with Crippen LogP contribution in [0.1, 0.15) is 38.8 Å². The SMILES string of the molecule is CCn1[nH]cc(C(=O)c2ccc3c(c2C)C(=O)C(CF)(CF)CS3(=O)=O)c1=O. The summed E-state index contributed by atoms with van der Waals surface area (Å²) in [5.41, 5.74) is -3.55. The number of aromatic nitrogens is 2. The fourth-order valence-corrected chi connectivity index (χ4v) is 5.43. The molecule has 0 saturated carbocycles. The molecule has 0 aliphatic carbocycles. The van der Waals surface area contributed by atoms with Gasteiger partial charge in [-0.25, -0.2) is 17.2 Å². The van der Waals surface area contributed by atoms with Crippen LogP contribution in [-0.2, 0) is 16.4 Å². The molecular weight excluding hydrogens is 394 g/mol. The van der Waals surface area contributed by atoms with Crippen LogP contribution in [0.2, 0.25) is 0 Å². The summed E-state index contributed by atoms with van der Waals surface area (Å²) < 4.78 is 53.3. The summed E-state index contributed by atoms with van der Waals surface area (Å²) in [5.74, 6) is -2.67. The molecule has 0 atom stereocenters. The van der Waals surface area contributed by atoms with Gasteiger partial charge in [-0.05, 0) is 31.5 Å². The number of benzene rings is 1. The van der Waals surface area contributed by atoms with Crippen LogP contribution in [0, 0.1) is 12.3 Å². The standard InChI is InChI=1S/C18H18F2N2O5S/c1-3-22-17(25)12(6-21-22)15(23)11-4-5-13-14(10(11)2)16(24)18(7-19,8-20)9-28(13,26)27/h4-6,21H,3,7-9H2,1-2H3. The molecule has 1 N–H and O–H groups in total. The molecule has 2 aromatic rings. The molecule has 1 aromatic heterocycles. The second-order valence-electron chi connectivity index (χ2n) is 6.81. The molecule has 0 radical (unpaired) electrons. The van der Waals surface area contributed by atoms with Crippen LogP contribution in [0.25, 0.3) is 0 Å². The van der Waals surface area contributed by atoms with E-state index in [0.717, 1.165) is 6.07 Å². The number of sulfone groups is 1. The number of rotatable bonds is 5. The zero-order valence-electron chi connectivity index (χ0n) is 15.2. The number of carbonyl (C=O) groups excluding carboxylic acids is 2. The van der Waals surface area contributed by atoms with E-state index in [1.165, 1.54) is 23.9 Å². The van der Waals surface area contributed by atoms with Crippen molar-refractivity contribution in [1.82, 2.24) is 9.78 Å². The molecule has 10 heteroatoms. The highest BCUT2D eigenvalue weighted by Crippen LogP contribution is 2.39. The van der Waals surface area contributed by atoms with E-state index in [1.54, 1.807) is 6.92 Å². The maximum absolute atomic E-state index is 13.5. The molecule has 1 aromatic carbocycles. The Hall–Kier alpha value is -2.62. The zero-order valence-corrected chi connectivity index (χ0v) is 16.0. The summed E-state index contributed by atoms with van der Waals surface area (Å²) in [6.07, 6.45) is 1.22.